The first kappa shape index (κ1) is 28.5. The van der Waals surface area contributed by atoms with Gasteiger partial charge < -0.3 is 4.74 Å². The Morgan fingerprint density at radius 1 is 1.14 bits per heavy atom. The second-order valence-corrected chi connectivity index (χ2v) is 10.1. The lowest BCUT2D eigenvalue weighted by Crippen LogP contribution is -2.48. The van der Waals surface area contributed by atoms with Gasteiger partial charge in [0.25, 0.3) is 0 Å². The predicted octanol–water partition coefficient (Wildman–Crippen LogP) is 5.85. The molecule has 3 rings (SSSR count). The first-order valence-electron chi connectivity index (χ1n) is 11.2. The predicted molar refractivity (Wildman–Crippen MR) is 137 cm³/mol. The molecule has 3 amide bonds. The van der Waals surface area contributed by atoms with Gasteiger partial charge in [-0.25, -0.2) is 19.5 Å². The van der Waals surface area contributed by atoms with Crippen LogP contribution in [-0.4, -0.2) is 54.3 Å². The van der Waals surface area contributed by atoms with Crippen LogP contribution >= 0.6 is 23.4 Å². The van der Waals surface area contributed by atoms with E-state index < -0.39 is 35.1 Å². The molecule has 0 N–H and O–H groups in total. The maximum Gasteiger partial charge on any atom is 0.416 e. The van der Waals surface area contributed by atoms with Crippen molar-refractivity contribution in [3.8, 4) is 0 Å². The average molecular weight is 556 g/mol. The van der Waals surface area contributed by atoms with Gasteiger partial charge in [0.15, 0.2) is 0 Å². The molecule has 0 saturated carbocycles. The normalized spacial score (nSPS) is 17.4. The first-order chi connectivity index (χ1) is 17.4. The number of nitrogens with zero attached hydrogens (tertiary/aromatic N) is 3. The highest BCUT2D eigenvalue weighted by molar-refractivity contribution is 7.98. The molecule has 0 radical (unpaired) electrons. The lowest BCUT2D eigenvalue weighted by molar-refractivity contribution is -0.151. The number of amides is 3. The number of methoxy groups -OCH3 is 1. The largest absolute Gasteiger partial charge is 0.462 e. The number of hydrogen-bond acceptors (Lipinski definition) is 6. The highest BCUT2D eigenvalue weighted by Gasteiger charge is 2.44. The molecular weight excluding hydrogens is 531 g/mol. The Bertz CT molecular complexity index is 1190. The van der Waals surface area contributed by atoms with E-state index in [0.29, 0.717) is 22.1 Å². The highest BCUT2D eigenvalue weighted by atomic mass is 35.5. The Balaban J connectivity index is 2.02. The van der Waals surface area contributed by atoms with Gasteiger partial charge in [-0.15, -0.1) is 0 Å². The lowest BCUT2D eigenvalue weighted by Gasteiger charge is -2.28. The average Bonchev–Trinajstić information content (AvgIpc) is 3.21. The fraction of sp³-hybridized carbons (Fsp3) is 0.360. The Morgan fingerprint density at radius 2 is 1.76 bits per heavy atom. The second kappa shape index (κ2) is 11.6. The summed E-state index contributed by atoms with van der Waals surface area (Å²) < 4.78 is 43.6. The van der Waals surface area contributed by atoms with Crippen molar-refractivity contribution in [1.29, 1.82) is 0 Å². The van der Waals surface area contributed by atoms with E-state index in [4.69, 9.17) is 11.6 Å². The van der Waals surface area contributed by atoms with Crippen molar-refractivity contribution in [2.75, 3.05) is 30.6 Å². The Morgan fingerprint density at radius 3 is 2.30 bits per heavy atom. The molecule has 37 heavy (non-hydrogen) atoms. The molecule has 0 bridgehead atoms. The van der Waals surface area contributed by atoms with Gasteiger partial charge in [-0.05, 0) is 66.8 Å². The summed E-state index contributed by atoms with van der Waals surface area (Å²) >= 11 is 7.71. The summed E-state index contributed by atoms with van der Waals surface area (Å²) in [7, 11) is 0.963. The number of esters is 1. The van der Waals surface area contributed by atoms with Crippen LogP contribution in [0, 0.1) is 5.41 Å². The number of hydrogen-bond donors (Lipinski definition) is 0. The molecule has 1 atom stereocenters. The van der Waals surface area contributed by atoms with Gasteiger partial charge in [0, 0.05) is 10.4 Å². The molecule has 1 heterocycles. The van der Waals surface area contributed by atoms with E-state index in [9.17, 15) is 27.6 Å². The first-order valence-corrected chi connectivity index (χ1v) is 12.9. The van der Waals surface area contributed by atoms with Crippen molar-refractivity contribution in [2.24, 2.45) is 10.5 Å². The SMILES string of the molecule is COC(=O)C(=O)N(C(=O)N1CC(C)(CCCSC)C(c2ccc(Cl)cc2)=N1)c1ccc(C(F)(F)F)cc1. The van der Waals surface area contributed by atoms with Crippen LogP contribution in [-0.2, 0) is 20.5 Å². The van der Waals surface area contributed by atoms with E-state index in [1.165, 1.54) is 0 Å². The van der Waals surface area contributed by atoms with E-state index in [-0.39, 0.29) is 12.2 Å². The number of urea groups is 1. The number of hydrazone groups is 1. The molecule has 0 fully saturated rings. The minimum absolute atomic E-state index is 0.0871. The molecule has 0 spiro atoms. The summed E-state index contributed by atoms with van der Waals surface area (Å²) in [6.45, 7) is 2.03. The number of carbonyl (C=O) groups excluding carboxylic acids is 3. The minimum atomic E-state index is -4.62. The molecule has 198 valence electrons. The Labute approximate surface area is 221 Å². The van der Waals surface area contributed by atoms with Gasteiger partial charge in [-0.2, -0.15) is 30.0 Å². The molecule has 1 unspecified atom stereocenters. The summed E-state index contributed by atoms with van der Waals surface area (Å²) in [5.41, 5.74) is -0.477. The number of anilines is 1. The number of imide groups is 1. The van der Waals surface area contributed by atoms with Gasteiger partial charge in [-0.3, -0.25) is 4.79 Å². The maximum absolute atomic E-state index is 13.6. The number of rotatable bonds is 6. The van der Waals surface area contributed by atoms with Gasteiger partial charge in [0.2, 0.25) is 0 Å². The third-order valence-electron chi connectivity index (χ3n) is 5.91. The van der Waals surface area contributed by atoms with Gasteiger partial charge in [0.05, 0.1) is 30.6 Å². The quantitative estimate of drug-likeness (QED) is 0.254. The third kappa shape index (κ3) is 6.45. The summed E-state index contributed by atoms with van der Waals surface area (Å²) in [5, 5.41) is 6.10. The second-order valence-electron chi connectivity index (χ2n) is 8.63. The number of benzene rings is 2. The third-order valence-corrected chi connectivity index (χ3v) is 6.86. The van der Waals surface area contributed by atoms with Crippen LogP contribution in [0.1, 0.15) is 30.9 Å². The van der Waals surface area contributed by atoms with Crippen molar-refractivity contribution < 1.29 is 32.3 Å². The molecule has 12 heteroatoms. The molecular formula is C25H25ClF3N3O4S. The van der Waals surface area contributed by atoms with Crippen molar-refractivity contribution in [1.82, 2.24) is 5.01 Å². The molecule has 1 aliphatic rings. The summed E-state index contributed by atoms with van der Waals surface area (Å²) in [6.07, 6.45) is -1.13. The Kier molecular flexibility index (Phi) is 8.91. The van der Waals surface area contributed by atoms with Crippen molar-refractivity contribution >= 4 is 52.7 Å². The van der Waals surface area contributed by atoms with Crippen molar-refractivity contribution in [3.05, 3.63) is 64.7 Å². The Hall–Kier alpha value is -3.05. The molecule has 2 aromatic rings. The monoisotopic (exact) mass is 555 g/mol. The van der Waals surface area contributed by atoms with Crippen molar-refractivity contribution in [3.63, 3.8) is 0 Å². The highest BCUT2D eigenvalue weighted by Crippen LogP contribution is 2.37. The zero-order valence-corrected chi connectivity index (χ0v) is 21.9. The van der Waals surface area contributed by atoms with Crippen LogP contribution < -0.4 is 4.90 Å². The topological polar surface area (TPSA) is 79.3 Å². The van der Waals surface area contributed by atoms with Crippen LogP contribution in [0.15, 0.2) is 53.6 Å². The molecule has 0 saturated heterocycles. The number of thioether (sulfide) groups is 1. The molecule has 7 nitrogen and oxygen atoms in total. The van der Waals surface area contributed by atoms with Crippen LogP contribution in [0.4, 0.5) is 23.7 Å². The zero-order chi connectivity index (χ0) is 27.4. The minimum Gasteiger partial charge on any atom is -0.462 e. The van der Waals surface area contributed by atoms with Crippen LogP contribution in [0.5, 0.6) is 0 Å². The number of carbonyl (C=O) groups is 3. The van der Waals surface area contributed by atoms with Gasteiger partial charge in [0.1, 0.15) is 0 Å². The summed E-state index contributed by atoms with van der Waals surface area (Å²) in [5.74, 6) is -1.82. The van der Waals surface area contributed by atoms with E-state index >= 15 is 0 Å². The summed E-state index contributed by atoms with van der Waals surface area (Å²) in [6, 6.07) is 9.28. The smallest absolute Gasteiger partial charge is 0.416 e. The summed E-state index contributed by atoms with van der Waals surface area (Å²) in [4.78, 5) is 39.0. The van der Waals surface area contributed by atoms with Crippen LogP contribution in [0.3, 0.4) is 0 Å². The number of ether oxygens (including phenoxy) is 1. The fourth-order valence-corrected chi connectivity index (χ4v) is 4.58. The van der Waals surface area contributed by atoms with E-state index in [2.05, 4.69) is 9.84 Å². The standard InChI is InChI=1S/C25H25ClF3N3O4S/c1-24(13-4-14-37-3)15-31(30-20(24)16-5-9-18(26)10-6-16)23(35)32(21(33)22(34)36-2)19-11-7-17(8-12-19)25(27,28)29/h5-12H,4,13-15H2,1-3H3. The zero-order valence-electron chi connectivity index (χ0n) is 20.3. The van der Waals surface area contributed by atoms with E-state index in [1.807, 2.05) is 13.2 Å². The van der Waals surface area contributed by atoms with Crippen LogP contribution in [0.2, 0.25) is 5.02 Å². The maximum atomic E-state index is 13.6. The lowest BCUT2D eigenvalue weighted by atomic mass is 9.78. The van der Waals surface area contributed by atoms with Crippen molar-refractivity contribution in [2.45, 2.75) is 25.9 Å². The fourth-order valence-electron chi connectivity index (χ4n) is 4.02. The molecule has 0 aromatic heterocycles. The van der Waals surface area contributed by atoms with Gasteiger partial charge in [-0.1, -0.05) is 30.7 Å². The van der Waals surface area contributed by atoms with Gasteiger partial charge >= 0.3 is 24.1 Å². The molecule has 1 aliphatic heterocycles. The van der Waals surface area contributed by atoms with E-state index in [0.717, 1.165) is 54.1 Å². The molecule has 2 aromatic carbocycles. The number of halogens is 4. The van der Waals surface area contributed by atoms with Crippen LogP contribution in [0.25, 0.3) is 0 Å². The molecule has 0 aliphatic carbocycles. The van der Waals surface area contributed by atoms with E-state index in [1.54, 1.807) is 36.0 Å². The number of alkyl halides is 3.